The van der Waals surface area contributed by atoms with Crippen LogP contribution in [0.4, 0.5) is 5.82 Å². The van der Waals surface area contributed by atoms with Crippen molar-refractivity contribution in [1.82, 2.24) is 15.6 Å². The highest BCUT2D eigenvalue weighted by molar-refractivity contribution is 5.94. The van der Waals surface area contributed by atoms with Crippen LogP contribution >= 0.6 is 0 Å². The van der Waals surface area contributed by atoms with E-state index in [4.69, 9.17) is 0 Å². The second-order valence-electron chi connectivity index (χ2n) is 8.04. The highest BCUT2D eigenvalue weighted by Crippen LogP contribution is 2.27. The van der Waals surface area contributed by atoms with E-state index >= 15 is 0 Å². The number of nitrogens with one attached hydrogen (secondary N) is 2. The summed E-state index contributed by atoms with van der Waals surface area (Å²) >= 11 is 0. The molecule has 0 unspecified atom stereocenters. The zero-order chi connectivity index (χ0) is 21.5. The summed E-state index contributed by atoms with van der Waals surface area (Å²) in [4.78, 5) is 19.4. The van der Waals surface area contributed by atoms with Crippen molar-refractivity contribution in [2.24, 2.45) is 0 Å². The van der Waals surface area contributed by atoms with Crippen LogP contribution in [0.2, 0.25) is 0 Å². The van der Waals surface area contributed by atoms with Crippen molar-refractivity contribution in [1.29, 1.82) is 0 Å². The fraction of sp³-hybridized carbons (Fsp3) is 0.308. The van der Waals surface area contributed by atoms with Crippen molar-refractivity contribution in [3.8, 4) is 0 Å². The lowest BCUT2D eigenvalue weighted by Crippen LogP contribution is -2.30. The highest BCUT2D eigenvalue weighted by Gasteiger charge is 2.22. The molecule has 2 N–H and O–H groups in total. The topological polar surface area (TPSA) is 57.3 Å². The second-order valence-corrected chi connectivity index (χ2v) is 8.04. The minimum absolute atomic E-state index is 0.0755. The fourth-order valence-corrected chi connectivity index (χ4v) is 4.24. The number of carbonyl (C=O) groups excluding carboxylic acids is 1. The Morgan fingerprint density at radius 2 is 1.71 bits per heavy atom. The molecular weight excluding hydrogens is 384 g/mol. The third-order valence-electron chi connectivity index (χ3n) is 6.05. The molecule has 1 aliphatic rings. The molecule has 1 saturated heterocycles. The van der Waals surface area contributed by atoms with Gasteiger partial charge in [-0.15, -0.1) is 0 Å². The number of hydrogen-bond acceptors (Lipinski definition) is 4. The van der Waals surface area contributed by atoms with Gasteiger partial charge in [-0.3, -0.25) is 4.79 Å². The van der Waals surface area contributed by atoms with E-state index in [9.17, 15) is 4.79 Å². The summed E-state index contributed by atoms with van der Waals surface area (Å²) in [6.45, 7) is 2.55. The Hall–Kier alpha value is -3.18. The number of pyridine rings is 1. The average molecular weight is 415 g/mol. The molecule has 1 aromatic heterocycles. The van der Waals surface area contributed by atoms with Gasteiger partial charge in [0.05, 0.1) is 5.56 Å². The van der Waals surface area contributed by atoms with Gasteiger partial charge in [0.15, 0.2) is 0 Å². The number of rotatable bonds is 8. The number of nitrogens with zero attached hydrogens (tertiary/aromatic N) is 2. The fourth-order valence-electron chi connectivity index (χ4n) is 4.24. The lowest BCUT2D eigenvalue weighted by molar-refractivity contribution is 0.0952. The normalized spacial score (nSPS) is 15.9. The van der Waals surface area contributed by atoms with Gasteiger partial charge in [0.1, 0.15) is 5.82 Å². The molecule has 5 heteroatoms. The van der Waals surface area contributed by atoms with Crippen LogP contribution in [0, 0.1) is 0 Å². The van der Waals surface area contributed by atoms with Crippen LogP contribution < -0.4 is 15.5 Å². The molecule has 31 heavy (non-hydrogen) atoms. The van der Waals surface area contributed by atoms with Gasteiger partial charge in [-0.2, -0.15) is 0 Å². The van der Waals surface area contributed by atoms with Crippen molar-refractivity contribution in [3.05, 3.63) is 95.7 Å². The lowest BCUT2D eigenvalue weighted by Gasteiger charge is -2.19. The van der Waals surface area contributed by atoms with Gasteiger partial charge in [0.25, 0.3) is 5.91 Å². The molecule has 1 fully saturated rings. The van der Waals surface area contributed by atoms with Crippen LogP contribution in [0.15, 0.2) is 79.0 Å². The minimum Gasteiger partial charge on any atom is -0.355 e. The molecule has 5 nitrogen and oxygen atoms in total. The zero-order valence-corrected chi connectivity index (χ0v) is 18.0. The van der Waals surface area contributed by atoms with E-state index in [1.54, 1.807) is 6.20 Å². The molecule has 0 aliphatic carbocycles. The molecule has 3 aromatic rings. The number of aromatic nitrogens is 1. The lowest BCUT2D eigenvalue weighted by atomic mass is 9.88. The van der Waals surface area contributed by atoms with Crippen LogP contribution in [-0.2, 0) is 0 Å². The Labute approximate surface area is 184 Å². The van der Waals surface area contributed by atoms with Crippen LogP contribution in [-0.4, -0.2) is 43.6 Å². The van der Waals surface area contributed by atoms with Gasteiger partial charge in [-0.05, 0) is 43.1 Å². The molecule has 0 saturated carbocycles. The summed E-state index contributed by atoms with van der Waals surface area (Å²) in [5.74, 6) is 1.11. The number of amides is 1. The summed E-state index contributed by atoms with van der Waals surface area (Å²) in [6.07, 6.45) is 3.64. The molecule has 1 atom stereocenters. The Morgan fingerprint density at radius 1 is 1.03 bits per heavy atom. The van der Waals surface area contributed by atoms with Crippen molar-refractivity contribution < 1.29 is 4.79 Å². The molecule has 4 rings (SSSR count). The summed E-state index contributed by atoms with van der Waals surface area (Å²) in [6, 6.07) is 25.3. The number of anilines is 1. The van der Waals surface area contributed by atoms with E-state index in [1.165, 1.54) is 11.1 Å². The van der Waals surface area contributed by atoms with Gasteiger partial charge < -0.3 is 15.5 Å². The number of benzene rings is 2. The van der Waals surface area contributed by atoms with Gasteiger partial charge in [-0.25, -0.2) is 4.98 Å². The quantitative estimate of drug-likeness (QED) is 0.588. The summed E-state index contributed by atoms with van der Waals surface area (Å²) in [5, 5.41) is 6.39. The molecule has 0 spiro atoms. The first-order chi connectivity index (χ1) is 15.2. The first kappa shape index (κ1) is 21.1. The van der Waals surface area contributed by atoms with E-state index < -0.39 is 0 Å². The third kappa shape index (κ3) is 5.30. The van der Waals surface area contributed by atoms with E-state index in [0.29, 0.717) is 18.2 Å². The van der Waals surface area contributed by atoms with E-state index in [-0.39, 0.29) is 11.8 Å². The third-order valence-corrected chi connectivity index (χ3v) is 6.05. The maximum atomic E-state index is 12.7. The largest absolute Gasteiger partial charge is 0.355 e. The predicted octanol–water partition coefficient (Wildman–Crippen LogP) is 3.83. The maximum Gasteiger partial charge on any atom is 0.252 e. The standard InChI is InChI=1S/C26H30N4O/c1-27-23-15-17-30(19-23)25-13-12-22(18-29-25)26(31)28-16-14-24(20-8-4-2-5-9-20)21-10-6-3-7-11-21/h2-13,18,23-24,27H,14-17,19H2,1H3,(H,28,31)/t23-/m0/s1. The molecule has 2 aromatic carbocycles. The van der Waals surface area contributed by atoms with Gasteiger partial charge in [0.2, 0.25) is 0 Å². The van der Waals surface area contributed by atoms with E-state index in [2.05, 4.69) is 69.0 Å². The predicted molar refractivity (Wildman–Crippen MR) is 126 cm³/mol. The summed E-state index contributed by atoms with van der Waals surface area (Å²) < 4.78 is 0. The van der Waals surface area contributed by atoms with Crippen LogP contribution in [0.5, 0.6) is 0 Å². The SMILES string of the molecule is CN[C@H]1CCN(c2ccc(C(=O)NCCC(c3ccccc3)c3ccccc3)cn2)C1. The van der Waals surface area contributed by atoms with Crippen molar-refractivity contribution >= 4 is 11.7 Å². The summed E-state index contributed by atoms with van der Waals surface area (Å²) in [5.41, 5.74) is 3.13. The first-order valence-electron chi connectivity index (χ1n) is 11.0. The van der Waals surface area contributed by atoms with Gasteiger partial charge in [-0.1, -0.05) is 60.7 Å². The first-order valence-corrected chi connectivity index (χ1v) is 11.0. The van der Waals surface area contributed by atoms with E-state index in [1.807, 2.05) is 31.3 Å². The smallest absolute Gasteiger partial charge is 0.252 e. The molecule has 160 valence electrons. The molecule has 1 amide bonds. The zero-order valence-electron chi connectivity index (χ0n) is 18.0. The Kier molecular flexibility index (Phi) is 6.95. The molecule has 1 aliphatic heterocycles. The highest BCUT2D eigenvalue weighted by atomic mass is 16.1. The minimum atomic E-state index is -0.0755. The summed E-state index contributed by atoms with van der Waals surface area (Å²) in [7, 11) is 2.00. The number of carbonyl (C=O) groups is 1. The number of hydrogen-bond donors (Lipinski definition) is 2. The molecule has 0 bridgehead atoms. The molecule has 2 heterocycles. The van der Waals surface area contributed by atoms with Gasteiger partial charge >= 0.3 is 0 Å². The Morgan fingerprint density at radius 3 is 2.26 bits per heavy atom. The van der Waals surface area contributed by atoms with Gasteiger partial charge in [0, 0.05) is 37.8 Å². The monoisotopic (exact) mass is 414 g/mol. The van der Waals surface area contributed by atoms with Crippen molar-refractivity contribution in [2.75, 3.05) is 31.6 Å². The Bertz CT molecular complexity index is 920. The maximum absolute atomic E-state index is 12.7. The van der Waals surface area contributed by atoms with Crippen LogP contribution in [0.3, 0.4) is 0 Å². The van der Waals surface area contributed by atoms with Crippen LogP contribution in [0.25, 0.3) is 0 Å². The van der Waals surface area contributed by atoms with Crippen LogP contribution in [0.1, 0.15) is 40.2 Å². The van der Waals surface area contributed by atoms with E-state index in [0.717, 1.165) is 31.7 Å². The molecule has 0 radical (unpaired) electrons. The average Bonchev–Trinajstić information content (AvgIpc) is 3.32. The van der Waals surface area contributed by atoms with Crippen molar-refractivity contribution in [2.45, 2.75) is 24.8 Å². The number of likely N-dealkylation sites (N-methyl/N-ethyl adjacent to an activating group) is 1. The van der Waals surface area contributed by atoms with Crippen molar-refractivity contribution in [3.63, 3.8) is 0 Å². The Balaban J connectivity index is 1.35. The second kappa shape index (κ2) is 10.2. The molecular formula is C26H30N4O.